The molecule has 2 rings (SSSR count). The summed E-state index contributed by atoms with van der Waals surface area (Å²) in [7, 11) is 0. The van der Waals surface area contributed by atoms with Crippen molar-refractivity contribution in [3.8, 4) is 11.8 Å². The minimum Gasteiger partial charge on any atom is -0.488 e. The Morgan fingerprint density at radius 2 is 2.25 bits per heavy atom. The lowest BCUT2D eigenvalue weighted by Crippen LogP contribution is -2.29. The fourth-order valence-electron chi connectivity index (χ4n) is 1.48. The molecule has 0 radical (unpaired) electrons. The van der Waals surface area contributed by atoms with E-state index < -0.39 is 0 Å². The number of nitrogens with zero attached hydrogens (tertiary/aromatic N) is 1. The molecule has 0 unspecified atom stereocenters. The van der Waals surface area contributed by atoms with Crippen molar-refractivity contribution in [3.05, 3.63) is 50.7 Å². The summed E-state index contributed by atoms with van der Waals surface area (Å²) in [6.45, 7) is 0.310. The van der Waals surface area contributed by atoms with Gasteiger partial charge in [-0.15, -0.1) is 11.3 Å². The molecule has 5 nitrogen and oxygen atoms in total. The summed E-state index contributed by atoms with van der Waals surface area (Å²) in [6.07, 6.45) is 0. The number of hydrazine groups is 1. The van der Waals surface area contributed by atoms with Gasteiger partial charge in [0.1, 0.15) is 18.4 Å². The zero-order chi connectivity index (χ0) is 14.5. The standard InChI is InChI=1S/C13H10ClN3O2S/c14-11-5-9(2-1-8(11)6-15)19-7-10-3-4-12(20-10)13(18)17-16/h1-5H,7,16H2,(H,17,18). The fraction of sp³-hybridized carbons (Fsp3) is 0.0769. The van der Waals surface area contributed by atoms with Crippen LogP contribution in [0.25, 0.3) is 0 Å². The molecule has 0 fully saturated rings. The number of ether oxygens (including phenoxy) is 1. The highest BCUT2D eigenvalue weighted by molar-refractivity contribution is 7.14. The number of carbonyl (C=O) groups excluding carboxylic acids is 1. The molecule has 1 amide bonds. The maximum atomic E-state index is 11.3. The number of thiophene rings is 1. The summed E-state index contributed by atoms with van der Waals surface area (Å²) in [4.78, 5) is 12.7. The van der Waals surface area contributed by atoms with Gasteiger partial charge in [0.25, 0.3) is 5.91 Å². The Kier molecular flexibility index (Phi) is 4.58. The van der Waals surface area contributed by atoms with Gasteiger partial charge >= 0.3 is 0 Å². The molecule has 1 aromatic heterocycles. The van der Waals surface area contributed by atoms with E-state index >= 15 is 0 Å². The highest BCUT2D eigenvalue weighted by atomic mass is 35.5. The van der Waals surface area contributed by atoms with E-state index in [9.17, 15) is 4.79 Å². The van der Waals surface area contributed by atoms with E-state index in [0.29, 0.717) is 27.8 Å². The topological polar surface area (TPSA) is 88.1 Å². The first-order chi connectivity index (χ1) is 9.63. The van der Waals surface area contributed by atoms with Crippen molar-refractivity contribution in [1.82, 2.24) is 5.43 Å². The van der Waals surface area contributed by atoms with Crippen LogP contribution in [0.5, 0.6) is 5.75 Å². The molecule has 1 aromatic carbocycles. The molecule has 7 heteroatoms. The van der Waals surface area contributed by atoms with Gasteiger partial charge < -0.3 is 4.74 Å². The number of carbonyl (C=O) groups is 1. The number of benzene rings is 1. The number of nitrogen functional groups attached to an aromatic ring is 1. The van der Waals surface area contributed by atoms with Crippen molar-refractivity contribution in [2.75, 3.05) is 0 Å². The summed E-state index contributed by atoms with van der Waals surface area (Å²) < 4.78 is 5.55. The van der Waals surface area contributed by atoms with Gasteiger partial charge in [0.2, 0.25) is 0 Å². The summed E-state index contributed by atoms with van der Waals surface area (Å²) in [5, 5.41) is 9.12. The Labute approximate surface area is 124 Å². The van der Waals surface area contributed by atoms with E-state index in [4.69, 9.17) is 27.4 Å². The maximum absolute atomic E-state index is 11.3. The molecular weight excluding hydrogens is 298 g/mol. The second-order valence-corrected chi connectivity index (χ2v) is 5.36. The molecule has 0 saturated carbocycles. The number of nitrogens with one attached hydrogen (secondary N) is 1. The summed E-state index contributed by atoms with van der Waals surface area (Å²) >= 11 is 7.20. The van der Waals surface area contributed by atoms with Crippen molar-refractivity contribution < 1.29 is 9.53 Å². The lowest BCUT2D eigenvalue weighted by atomic mass is 10.2. The van der Waals surface area contributed by atoms with Gasteiger partial charge in [0.05, 0.1) is 15.5 Å². The molecule has 0 aliphatic heterocycles. The number of halogens is 1. The lowest BCUT2D eigenvalue weighted by molar-refractivity contribution is 0.0957. The van der Waals surface area contributed by atoms with Crippen molar-refractivity contribution in [3.63, 3.8) is 0 Å². The van der Waals surface area contributed by atoms with E-state index in [0.717, 1.165) is 4.88 Å². The van der Waals surface area contributed by atoms with Gasteiger partial charge in [-0.2, -0.15) is 5.26 Å². The van der Waals surface area contributed by atoms with Gasteiger partial charge in [-0.05, 0) is 24.3 Å². The number of hydrogen-bond acceptors (Lipinski definition) is 5. The van der Waals surface area contributed by atoms with Crippen LogP contribution in [-0.2, 0) is 6.61 Å². The van der Waals surface area contributed by atoms with Crippen LogP contribution in [0.1, 0.15) is 20.1 Å². The van der Waals surface area contributed by atoms with Crippen LogP contribution in [-0.4, -0.2) is 5.91 Å². The highest BCUT2D eigenvalue weighted by Gasteiger charge is 2.08. The number of nitriles is 1. The van der Waals surface area contributed by atoms with Crippen LogP contribution >= 0.6 is 22.9 Å². The maximum Gasteiger partial charge on any atom is 0.275 e. The molecule has 0 saturated heterocycles. The molecular formula is C13H10ClN3O2S. The zero-order valence-corrected chi connectivity index (χ0v) is 11.8. The van der Waals surface area contributed by atoms with Crippen molar-refractivity contribution >= 4 is 28.8 Å². The van der Waals surface area contributed by atoms with Gasteiger partial charge in [-0.1, -0.05) is 11.6 Å². The molecule has 0 bridgehead atoms. The molecule has 20 heavy (non-hydrogen) atoms. The third-order valence-electron chi connectivity index (χ3n) is 2.46. The minimum absolute atomic E-state index is 0.310. The summed E-state index contributed by atoms with van der Waals surface area (Å²) in [5.74, 6) is 5.29. The Balaban J connectivity index is 2.02. The predicted molar refractivity (Wildman–Crippen MR) is 76.5 cm³/mol. The molecule has 0 aliphatic carbocycles. The minimum atomic E-state index is -0.331. The highest BCUT2D eigenvalue weighted by Crippen LogP contribution is 2.24. The average Bonchev–Trinajstić information content (AvgIpc) is 2.93. The van der Waals surface area contributed by atoms with Crippen LogP contribution in [0, 0.1) is 11.3 Å². The first-order valence-corrected chi connectivity index (χ1v) is 6.75. The first-order valence-electron chi connectivity index (χ1n) is 5.56. The molecule has 102 valence electrons. The number of amides is 1. The normalized spacial score (nSPS) is 9.85. The largest absolute Gasteiger partial charge is 0.488 e. The van der Waals surface area contributed by atoms with Crippen LogP contribution in [0.2, 0.25) is 5.02 Å². The third kappa shape index (κ3) is 3.27. The lowest BCUT2D eigenvalue weighted by Gasteiger charge is -2.05. The second-order valence-electron chi connectivity index (χ2n) is 3.78. The molecule has 1 heterocycles. The quantitative estimate of drug-likeness (QED) is 0.516. The number of hydrogen-bond donors (Lipinski definition) is 2. The fourth-order valence-corrected chi connectivity index (χ4v) is 2.52. The smallest absolute Gasteiger partial charge is 0.275 e. The average molecular weight is 308 g/mol. The van der Waals surface area contributed by atoms with E-state index in [1.807, 2.05) is 6.07 Å². The zero-order valence-electron chi connectivity index (χ0n) is 10.2. The second kappa shape index (κ2) is 6.39. The Hall–Kier alpha value is -2.07. The summed E-state index contributed by atoms with van der Waals surface area (Å²) in [6, 6.07) is 10.3. The summed E-state index contributed by atoms with van der Waals surface area (Å²) in [5.41, 5.74) is 2.47. The molecule has 0 spiro atoms. The Bertz CT molecular complexity index is 678. The van der Waals surface area contributed by atoms with Gasteiger partial charge in [0, 0.05) is 10.9 Å². The Morgan fingerprint density at radius 3 is 2.90 bits per heavy atom. The molecule has 0 atom stereocenters. The van der Waals surface area contributed by atoms with Gasteiger partial charge in [-0.3, -0.25) is 10.2 Å². The van der Waals surface area contributed by atoms with E-state index in [-0.39, 0.29) is 5.91 Å². The third-order valence-corrected chi connectivity index (χ3v) is 3.83. The van der Waals surface area contributed by atoms with Gasteiger partial charge in [0.15, 0.2) is 0 Å². The van der Waals surface area contributed by atoms with E-state index in [2.05, 4.69) is 5.43 Å². The van der Waals surface area contributed by atoms with Crippen molar-refractivity contribution in [2.24, 2.45) is 5.84 Å². The van der Waals surface area contributed by atoms with Crippen LogP contribution in [0.3, 0.4) is 0 Å². The van der Waals surface area contributed by atoms with Gasteiger partial charge in [-0.25, -0.2) is 5.84 Å². The van der Waals surface area contributed by atoms with Crippen LogP contribution < -0.4 is 16.0 Å². The number of rotatable bonds is 4. The first kappa shape index (κ1) is 14.3. The van der Waals surface area contributed by atoms with E-state index in [1.54, 1.807) is 30.3 Å². The van der Waals surface area contributed by atoms with Crippen molar-refractivity contribution in [1.29, 1.82) is 5.26 Å². The monoisotopic (exact) mass is 307 g/mol. The SMILES string of the molecule is N#Cc1ccc(OCc2ccc(C(=O)NN)s2)cc1Cl. The molecule has 2 aromatic rings. The van der Waals surface area contributed by atoms with Crippen LogP contribution in [0.4, 0.5) is 0 Å². The molecule has 0 aliphatic rings. The van der Waals surface area contributed by atoms with Crippen LogP contribution in [0.15, 0.2) is 30.3 Å². The number of nitrogens with two attached hydrogens (primary N) is 1. The Morgan fingerprint density at radius 1 is 1.45 bits per heavy atom. The molecule has 3 N–H and O–H groups in total. The van der Waals surface area contributed by atoms with E-state index in [1.165, 1.54) is 11.3 Å². The predicted octanol–water partition coefficient (Wildman–Crippen LogP) is 2.46. The van der Waals surface area contributed by atoms with Crippen molar-refractivity contribution in [2.45, 2.75) is 6.61 Å².